The Morgan fingerprint density at radius 1 is 1.41 bits per heavy atom. The summed E-state index contributed by atoms with van der Waals surface area (Å²) in [6.45, 7) is 0. The number of nitrogens with one attached hydrogen (secondary N) is 1. The van der Waals surface area contributed by atoms with Gasteiger partial charge in [0.1, 0.15) is 4.32 Å². The van der Waals surface area contributed by atoms with E-state index in [9.17, 15) is 15.0 Å². The van der Waals surface area contributed by atoms with E-state index in [-0.39, 0.29) is 22.4 Å². The molecular formula is C10H6ClNO3S2. The van der Waals surface area contributed by atoms with Gasteiger partial charge in [0.05, 0.1) is 9.93 Å². The fraction of sp³-hybridized carbons (Fsp3) is 0. The highest BCUT2D eigenvalue weighted by Crippen LogP contribution is 2.35. The number of rotatable bonds is 1. The molecule has 0 bridgehead atoms. The van der Waals surface area contributed by atoms with Crippen LogP contribution in [-0.2, 0) is 4.79 Å². The van der Waals surface area contributed by atoms with Crippen LogP contribution >= 0.6 is 35.6 Å². The summed E-state index contributed by atoms with van der Waals surface area (Å²) in [6.07, 6.45) is 1.53. The van der Waals surface area contributed by atoms with E-state index >= 15 is 0 Å². The van der Waals surface area contributed by atoms with Crippen molar-refractivity contribution in [1.82, 2.24) is 5.32 Å². The molecule has 0 unspecified atom stereocenters. The molecule has 88 valence electrons. The standard InChI is InChI=1S/C10H6ClNO3S2/c11-5-1-4(2-6(13)8(5)14)3-7-9(15)12-10(16)17-7/h1-3,13-14H,(H,12,15,16)/b7-3-. The maximum atomic E-state index is 11.4. The number of thiocarbonyl (C=S) groups is 1. The highest BCUT2D eigenvalue weighted by Gasteiger charge is 2.22. The zero-order valence-electron chi connectivity index (χ0n) is 8.23. The number of thioether (sulfide) groups is 1. The van der Waals surface area contributed by atoms with Crippen molar-refractivity contribution in [2.24, 2.45) is 0 Å². The Kier molecular flexibility index (Phi) is 3.28. The van der Waals surface area contributed by atoms with Gasteiger partial charge in [0.2, 0.25) is 0 Å². The molecule has 0 atom stereocenters. The highest BCUT2D eigenvalue weighted by atomic mass is 35.5. The number of benzene rings is 1. The average molecular weight is 288 g/mol. The van der Waals surface area contributed by atoms with Crippen molar-refractivity contribution in [3.8, 4) is 11.5 Å². The van der Waals surface area contributed by atoms with Crippen LogP contribution < -0.4 is 5.32 Å². The lowest BCUT2D eigenvalue weighted by Gasteiger charge is -2.02. The summed E-state index contributed by atoms with van der Waals surface area (Å²) in [6, 6.07) is 2.75. The molecular weight excluding hydrogens is 282 g/mol. The fourth-order valence-electron chi connectivity index (χ4n) is 1.26. The zero-order valence-corrected chi connectivity index (χ0v) is 10.6. The molecule has 1 amide bonds. The van der Waals surface area contributed by atoms with Crippen LogP contribution in [0.15, 0.2) is 17.0 Å². The summed E-state index contributed by atoms with van der Waals surface area (Å²) in [5, 5.41) is 21.1. The third-order valence-electron chi connectivity index (χ3n) is 2.01. The summed E-state index contributed by atoms with van der Waals surface area (Å²) < 4.78 is 0.385. The normalized spacial score (nSPS) is 17.6. The second-order valence-electron chi connectivity index (χ2n) is 3.22. The third-order valence-corrected chi connectivity index (χ3v) is 3.46. The van der Waals surface area contributed by atoms with Gasteiger partial charge in [-0.05, 0) is 23.8 Å². The van der Waals surface area contributed by atoms with Crippen molar-refractivity contribution in [1.29, 1.82) is 0 Å². The Balaban J connectivity index is 2.40. The van der Waals surface area contributed by atoms with Gasteiger partial charge in [-0.1, -0.05) is 35.6 Å². The van der Waals surface area contributed by atoms with Crippen LogP contribution in [0, 0.1) is 0 Å². The number of hydrogen-bond donors (Lipinski definition) is 3. The predicted octanol–water partition coefficient (Wildman–Crippen LogP) is 2.24. The Labute approximate surface area is 111 Å². The molecule has 4 nitrogen and oxygen atoms in total. The molecule has 0 spiro atoms. The molecule has 17 heavy (non-hydrogen) atoms. The average Bonchev–Trinajstić information content (AvgIpc) is 2.54. The lowest BCUT2D eigenvalue weighted by Crippen LogP contribution is -2.17. The van der Waals surface area contributed by atoms with Crippen LogP contribution in [0.3, 0.4) is 0 Å². The molecule has 0 radical (unpaired) electrons. The van der Waals surface area contributed by atoms with Gasteiger partial charge in [-0.3, -0.25) is 4.79 Å². The molecule has 0 aliphatic carbocycles. The van der Waals surface area contributed by atoms with Crippen molar-refractivity contribution in [3.63, 3.8) is 0 Å². The number of phenols is 2. The summed E-state index contributed by atoms with van der Waals surface area (Å²) >= 11 is 11.7. The maximum absolute atomic E-state index is 11.4. The molecule has 2 rings (SSSR count). The second kappa shape index (κ2) is 4.56. The molecule has 1 fully saturated rings. The number of carbonyl (C=O) groups excluding carboxylic acids is 1. The van der Waals surface area contributed by atoms with E-state index < -0.39 is 0 Å². The van der Waals surface area contributed by atoms with Crippen LogP contribution in [0.4, 0.5) is 0 Å². The zero-order chi connectivity index (χ0) is 12.6. The number of aromatic hydroxyl groups is 2. The quantitative estimate of drug-likeness (QED) is 0.420. The number of phenolic OH excluding ortho intramolecular Hbond substituents is 2. The summed E-state index contributed by atoms with van der Waals surface area (Å²) in [4.78, 5) is 11.8. The van der Waals surface area contributed by atoms with Crippen LogP contribution in [0.5, 0.6) is 11.5 Å². The van der Waals surface area contributed by atoms with E-state index in [0.717, 1.165) is 11.8 Å². The van der Waals surface area contributed by atoms with Gasteiger partial charge in [-0.2, -0.15) is 0 Å². The van der Waals surface area contributed by atoms with Crippen molar-refractivity contribution in [3.05, 3.63) is 27.6 Å². The first-order chi connectivity index (χ1) is 7.97. The van der Waals surface area contributed by atoms with Gasteiger partial charge in [-0.25, -0.2) is 0 Å². The lowest BCUT2D eigenvalue weighted by atomic mass is 10.2. The van der Waals surface area contributed by atoms with E-state index in [1.54, 1.807) is 0 Å². The summed E-state index contributed by atoms with van der Waals surface area (Å²) in [5.41, 5.74) is 0.507. The maximum Gasteiger partial charge on any atom is 0.263 e. The largest absolute Gasteiger partial charge is 0.504 e. The minimum atomic E-state index is -0.382. The van der Waals surface area contributed by atoms with Crippen LogP contribution in [-0.4, -0.2) is 20.4 Å². The molecule has 1 saturated heterocycles. The molecule has 1 aromatic carbocycles. The fourth-order valence-corrected chi connectivity index (χ4v) is 2.53. The van der Waals surface area contributed by atoms with E-state index in [1.165, 1.54) is 18.2 Å². The number of amides is 1. The number of hydrogen-bond acceptors (Lipinski definition) is 5. The van der Waals surface area contributed by atoms with Crippen molar-refractivity contribution in [2.45, 2.75) is 0 Å². The number of carbonyl (C=O) groups is 1. The number of halogens is 1. The van der Waals surface area contributed by atoms with Gasteiger partial charge in [0.25, 0.3) is 5.91 Å². The van der Waals surface area contributed by atoms with E-state index in [4.69, 9.17) is 23.8 Å². The monoisotopic (exact) mass is 287 g/mol. The second-order valence-corrected chi connectivity index (χ2v) is 5.35. The molecule has 7 heteroatoms. The van der Waals surface area contributed by atoms with Crippen molar-refractivity contribution >= 4 is 51.9 Å². The summed E-state index contributed by atoms with van der Waals surface area (Å²) in [7, 11) is 0. The Morgan fingerprint density at radius 2 is 2.12 bits per heavy atom. The minimum absolute atomic E-state index is 0.0165. The van der Waals surface area contributed by atoms with E-state index in [2.05, 4.69) is 5.32 Å². The van der Waals surface area contributed by atoms with Crippen molar-refractivity contribution < 1.29 is 15.0 Å². The Morgan fingerprint density at radius 3 is 2.65 bits per heavy atom. The molecule has 3 N–H and O–H groups in total. The summed E-state index contributed by atoms with van der Waals surface area (Å²) in [5.74, 6) is -1.01. The topological polar surface area (TPSA) is 69.6 Å². The van der Waals surface area contributed by atoms with Gasteiger partial charge in [0.15, 0.2) is 11.5 Å². The molecule has 1 aliphatic rings. The van der Waals surface area contributed by atoms with Gasteiger partial charge in [0, 0.05) is 0 Å². The Bertz CT molecular complexity index is 533. The van der Waals surface area contributed by atoms with Gasteiger partial charge >= 0.3 is 0 Å². The minimum Gasteiger partial charge on any atom is -0.504 e. The smallest absolute Gasteiger partial charge is 0.263 e. The molecule has 1 aromatic rings. The van der Waals surface area contributed by atoms with E-state index in [0.29, 0.717) is 14.8 Å². The molecule has 1 aliphatic heterocycles. The van der Waals surface area contributed by atoms with E-state index in [1.807, 2.05) is 0 Å². The first-order valence-corrected chi connectivity index (χ1v) is 6.04. The first kappa shape index (κ1) is 12.2. The molecule has 0 saturated carbocycles. The lowest BCUT2D eigenvalue weighted by molar-refractivity contribution is -0.115. The van der Waals surface area contributed by atoms with Crippen molar-refractivity contribution in [2.75, 3.05) is 0 Å². The molecule has 1 heterocycles. The van der Waals surface area contributed by atoms with Crippen LogP contribution in [0.25, 0.3) is 6.08 Å². The van der Waals surface area contributed by atoms with Gasteiger partial charge in [-0.15, -0.1) is 0 Å². The third kappa shape index (κ3) is 2.54. The predicted molar refractivity (Wildman–Crippen MR) is 71.1 cm³/mol. The van der Waals surface area contributed by atoms with Crippen LogP contribution in [0.2, 0.25) is 5.02 Å². The Hall–Kier alpha value is -1.24. The highest BCUT2D eigenvalue weighted by molar-refractivity contribution is 8.26. The molecule has 0 aromatic heterocycles. The van der Waals surface area contributed by atoms with Gasteiger partial charge < -0.3 is 15.5 Å². The first-order valence-electron chi connectivity index (χ1n) is 4.43. The SMILES string of the molecule is O=C1NC(=S)S/C1=C\c1cc(O)c(O)c(Cl)c1. The van der Waals surface area contributed by atoms with Crippen LogP contribution in [0.1, 0.15) is 5.56 Å².